The monoisotopic (exact) mass is 259 g/mol. The number of carboxylic acid groups (broad SMARTS) is 1. The van der Waals surface area contributed by atoms with Gasteiger partial charge in [0, 0.05) is 12.1 Å². The highest BCUT2D eigenvalue weighted by molar-refractivity contribution is 6.30. The number of β-amino-alcohol motifs (C(OH)–C–C–N with tert-alkyl or cyclic N) is 1. The lowest BCUT2D eigenvalue weighted by atomic mass is 9.92. The van der Waals surface area contributed by atoms with Crippen molar-refractivity contribution in [2.75, 3.05) is 13.1 Å². The van der Waals surface area contributed by atoms with Gasteiger partial charge in [0.05, 0.1) is 11.6 Å². The van der Waals surface area contributed by atoms with Gasteiger partial charge in [0.1, 0.15) is 11.4 Å². The Labute approximate surface area is 102 Å². The Balaban J connectivity index is 2.34. The lowest BCUT2D eigenvalue weighted by molar-refractivity contribution is 0.0425. The molecule has 4 nitrogen and oxygen atoms in total. The standard InChI is InChI=1S/C11H11ClFNO3/c12-8-3-1-2-7(9(8)13)11(17)4-5-14(6-11)10(15)16/h1-3,17H,4-6H2,(H,15,16). The summed E-state index contributed by atoms with van der Waals surface area (Å²) in [5, 5.41) is 19.0. The maximum absolute atomic E-state index is 13.8. The zero-order chi connectivity index (χ0) is 12.6. The number of likely N-dealkylation sites (tertiary alicyclic amines) is 1. The number of carbonyl (C=O) groups is 1. The van der Waals surface area contributed by atoms with Crippen LogP contribution in [0.4, 0.5) is 9.18 Å². The first-order chi connectivity index (χ1) is 7.94. The Morgan fingerprint density at radius 3 is 2.82 bits per heavy atom. The van der Waals surface area contributed by atoms with Gasteiger partial charge < -0.3 is 15.1 Å². The minimum absolute atomic E-state index is 0.0498. The third-order valence-corrected chi connectivity index (χ3v) is 3.26. The normalized spacial score (nSPS) is 24.1. The topological polar surface area (TPSA) is 60.8 Å². The molecule has 0 bridgehead atoms. The molecule has 2 N–H and O–H groups in total. The molecule has 1 aliphatic rings. The summed E-state index contributed by atoms with van der Waals surface area (Å²) in [5.74, 6) is -0.691. The van der Waals surface area contributed by atoms with E-state index in [2.05, 4.69) is 0 Å². The van der Waals surface area contributed by atoms with Crippen molar-refractivity contribution in [2.45, 2.75) is 12.0 Å². The van der Waals surface area contributed by atoms with Crippen LogP contribution in [0.3, 0.4) is 0 Å². The second kappa shape index (κ2) is 4.16. The Morgan fingerprint density at radius 1 is 1.53 bits per heavy atom. The average molecular weight is 260 g/mol. The van der Waals surface area contributed by atoms with Crippen molar-refractivity contribution in [3.63, 3.8) is 0 Å². The van der Waals surface area contributed by atoms with Gasteiger partial charge in [-0.15, -0.1) is 0 Å². The Morgan fingerprint density at radius 2 is 2.24 bits per heavy atom. The van der Waals surface area contributed by atoms with Crippen molar-refractivity contribution < 1.29 is 19.4 Å². The number of halogens is 2. The van der Waals surface area contributed by atoms with Gasteiger partial charge in [-0.2, -0.15) is 0 Å². The van der Waals surface area contributed by atoms with Crippen LogP contribution >= 0.6 is 11.6 Å². The smallest absolute Gasteiger partial charge is 0.407 e. The van der Waals surface area contributed by atoms with Crippen molar-refractivity contribution in [1.82, 2.24) is 4.90 Å². The van der Waals surface area contributed by atoms with Gasteiger partial charge in [0.15, 0.2) is 0 Å². The molecule has 1 atom stereocenters. The maximum atomic E-state index is 13.8. The van der Waals surface area contributed by atoms with E-state index in [0.717, 1.165) is 4.90 Å². The molecule has 1 saturated heterocycles. The van der Waals surface area contributed by atoms with Crippen LogP contribution in [-0.4, -0.2) is 34.3 Å². The molecule has 0 saturated carbocycles. The molecule has 6 heteroatoms. The number of aliphatic hydroxyl groups is 1. The number of nitrogens with zero attached hydrogens (tertiary/aromatic N) is 1. The molecule has 1 aromatic rings. The molecule has 0 spiro atoms. The van der Waals surface area contributed by atoms with Gasteiger partial charge >= 0.3 is 6.09 Å². The SMILES string of the molecule is O=C(O)N1CCC(O)(c2cccc(Cl)c2F)C1. The quantitative estimate of drug-likeness (QED) is 0.811. The third-order valence-electron chi connectivity index (χ3n) is 2.97. The molecule has 1 aliphatic heterocycles. The second-order valence-corrected chi connectivity index (χ2v) is 4.49. The van der Waals surface area contributed by atoms with Gasteiger partial charge in [0.25, 0.3) is 0 Å². The number of hydrogen-bond acceptors (Lipinski definition) is 2. The highest BCUT2D eigenvalue weighted by atomic mass is 35.5. The highest BCUT2D eigenvalue weighted by Gasteiger charge is 2.41. The van der Waals surface area contributed by atoms with Gasteiger partial charge in [-0.1, -0.05) is 23.7 Å². The van der Waals surface area contributed by atoms with E-state index >= 15 is 0 Å². The zero-order valence-corrected chi connectivity index (χ0v) is 9.62. The maximum Gasteiger partial charge on any atom is 0.407 e. The fourth-order valence-electron chi connectivity index (χ4n) is 2.04. The zero-order valence-electron chi connectivity index (χ0n) is 8.86. The van der Waals surface area contributed by atoms with E-state index in [-0.39, 0.29) is 30.1 Å². The van der Waals surface area contributed by atoms with E-state index in [1.54, 1.807) is 0 Å². The number of rotatable bonds is 1. The average Bonchev–Trinajstić information content (AvgIpc) is 2.66. The molecule has 0 aromatic heterocycles. The fourth-order valence-corrected chi connectivity index (χ4v) is 2.21. The molecular formula is C11H11ClFNO3. The highest BCUT2D eigenvalue weighted by Crippen LogP contribution is 2.35. The minimum atomic E-state index is -1.49. The number of amides is 1. The summed E-state index contributed by atoms with van der Waals surface area (Å²) in [6.07, 6.45) is -0.959. The van der Waals surface area contributed by atoms with Crippen LogP contribution in [0, 0.1) is 5.82 Å². The van der Waals surface area contributed by atoms with Gasteiger partial charge in [0.2, 0.25) is 0 Å². The molecule has 2 rings (SSSR count). The minimum Gasteiger partial charge on any atom is -0.465 e. The summed E-state index contributed by atoms with van der Waals surface area (Å²) in [7, 11) is 0. The second-order valence-electron chi connectivity index (χ2n) is 4.09. The molecule has 1 heterocycles. The number of hydrogen-bond donors (Lipinski definition) is 2. The van der Waals surface area contributed by atoms with Crippen LogP contribution in [0.2, 0.25) is 5.02 Å². The van der Waals surface area contributed by atoms with E-state index in [4.69, 9.17) is 16.7 Å². The first-order valence-electron chi connectivity index (χ1n) is 5.09. The van der Waals surface area contributed by atoms with Gasteiger partial charge in [-0.25, -0.2) is 9.18 Å². The van der Waals surface area contributed by atoms with Crippen molar-refractivity contribution in [2.24, 2.45) is 0 Å². The summed E-state index contributed by atoms with van der Waals surface area (Å²) in [6.45, 7) is 0.0391. The number of benzene rings is 1. The molecule has 1 amide bonds. The Hall–Kier alpha value is -1.33. The van der Waals surface area contributed by atoms with Crippen molar-refractivity contribution in [3.05, 3.63) is 34.6 Å². The summed E-state index contributed by atoms with van der Waals surface area (Å²) in [4.78, 5) is 11.8. The summed E-state index contributed by atoms with van der Waals surface area (Å²) < 4.78 is 13.8. The van der Waals surface area contributed by atoms with Crippen LogP contribution < -0.4 is 0 Å². The molecule has 1 aromatic carbocycles. The van der Waals surface area contributed by atoms with Gasteiger partial charge in [-0.3, -0.25) is 0 Å². The predicted octanol–water partition coefficient (Wildman–Crippen LogP) is 2.05. The molecule has 0 radical (unpaired) electrons. The molecule has 1 fully saturated rings. The van der Waals surface area contributed by atoms with E-state index in [1.807, 2.05) is 0 Å². The third kappa shape index (κ3) is 2.08. The Kier molecular flexibility index (Phi) is 2.97. The molecule has 17 heavy (non-hydrogen) atoms. The molecule has 0 aliphatic carbocycles. The predicted molar refractivity (Wildman–Crippen MR) is 59.5 cm³/mol. The lowest BCUT2D eigenvalue weighted by Gasteiger charge is -2.23. The van der Waals surface area contributed by atoms with Gasteiger partial charge in [-0.05, 0) is 12.5 Å². The van der Waals surface area contributed by atoms with Crippen LogP contribution in [0.25, 0.3) is 0 Å². The summed E-state index contributed by atoms with van der Waals surface area (Å²) in [5.41, 5.74) is -1.44. The first-order valence-corrected chi connectivity index (χ1v) is 5.46. The molecule has 92 valence electrons. The van der Waals surface area contributed by atoms with Crippen LogP contribution in [0.15, 0.2) is 18.2 Å². The van der Waals surface area contributed by atoms with Crippen LogP contribution in [0.5, 0.6) is 0 Å². The van der Waals surface area contributed by atoms with Crippen molar-refractivity contribution >= 4 is 17.7 Å². The summed E-state index contributed by atoms with van der Waals surface area (Å²) >= 11 is 5.64. The summed E-state index contributed by atoms with van der Waals surface area (Å²) in [6, 6.07) is 4.34. The van der Waals surface area contributed by atoms with E-state index in [1.165, 1.54) is 18.2 Å². The van der Waals surface area contributed by atoms with E-state index in [0.29, 0.717) is 0 Å². The molecule has 1 unspecified atom stereocenters. The lowest BCUT2D eigenvalue weighted by Crippen LogP contribution is -2.34. The first kappa shape index (κ1) is 12.1. The molecular weight excluding hydrogens is 249 g/mol. The van der Waals surface area contributed by atoms with E-state index < -0.39 is 17.5 Å². The Bertz CT molecular complexity index is 468. The van der Waals surface area contributed by atoms with E-state index in [9.17, 15) is 14.3 Å². The van der Waals surface area contributed by atoms with Crippen LogP contribution in [0.1, 0.15) is 12.0 Å². The van der Waals surface area contributed by atoms with Crippen molar-refractivity contribution in [3.8, 4) is 0 Å². The van der Waals surface area contributed by atoms with Crippen molar-refractivity contribution in [1.29, 1.82) is 0 Å². The van der Waals surface area contributed by atoms with Crippen LogP contribution in [-0.2, 0) is 5.60 Å². The fraction of sp³-hybridized carbons (Fsp3) is 0.364. The largest absolute Gasteiger partial charge is 0.465 e.